The number of amides is 2. The van der Waals surface area contributed by atoms with Crippen LogP contribution in [0.15, 0.2) is 0 Å². The molecule has 24 heavy (non-hydrogen) atoms. The SMILES string of the molecule is CCN1C[C@@]2(CC1=O)CN(C(=O)C(C)C)CCN(S(=O)(=O)CC)C2. The van der Waals surface area contributed by atoms with E-state index in [9.17, 15) is 18.0 Å². The zero-order chi connectivity index (χ0) is 18.1. The van der Waals surface area contributed by atoms with E-state index < -0.39 is 15.4 Å². The first-order valence-corrected chi connectivity index (χ1v) is 10.3. The summed E-state index contributed by atoms with van der Waals surface area (Å²) in [5.41, 5.74) is -0.504. The Balaban J connectivity index is 2.35. The van der Waals surface area contributed by atoms with Gasteiger partial charge in [0, 0.05) is 57.0 Å². The van der Waals surface area contributed by atoms with Gasteiger partial charge in [0.2, 0.25) is 21.8 Å². The molecule has 2 saturated heterocycles. The Labute approximate surface area is 145 Å². The third-order valence-electron chi connectivity index (χ3n) is 5.01. The molecule has 2 heterocycles. The molecule has 1 atom stereocenters. The number of hydrogen-bond acceptors (Lipinski definition) is 4. The minimum Gasteiger partial charge on any atom is -0.342 e. The van der Waals surface area contributed by atoms with Crippen molar-refractivity contribution in [1.29, 1.82) is 0 Å². The molecule has 8 heteroatoms. The van der Waals surface area contributed by atoms with Crippen molar-refractivity contribution >= 4 is 21.8 Å². The van der Waals surface area contributed by atoms with Gasteiger partial charge in [-0.15, -0.1) is 0 Å². The first kappa shape index (κ1) is 19.2. The van der Waals surface area contributed by atoms with Crippen molar-refractivity contribution in [3.05, 3.63) is 0 Å². The first-order valence-electron chi connectivity index (χ1n) is 8.68. The van der Waals surface area contributed by atoms with E-state index in [1.165, 1.54) is 4.31 Å². The van der Waals surface area contributed by atoms with Crippen molar-refractivity contribution in [3.63, 3.8) is 0 Å². The molecular formula is C16H29N3O4S. The zero-order valence-corrected chi connectivity index (χ0v) is 15.9. The molecule has 2 fully saturated rings. The summed E-state index contributed by atoms with van der Waals surface area (Å²) in [6, 6.07) is 0. The summed E-state index contributed by atoms with van der Waals surface area (Å²) < 4.78 is 26.3. The Morgan fingerprint density at radius 1 is 1.17 bits per heavy atom. The summed E-state index contributed by atoms with van der Waals surface area (Å²) in [7, 11) is -3.35. The summed E-state index contributed by atoms with van der Waals surface area (Å²) >= 11 is 0. The van der Waals surface area contributed by atoms with Gasteiger partial charge < -0.3 is 9.80 Å². The average molecular weight is 359 g/mol. The summed E-state index contributed by atoms with van der Waals surface area (Å²) in [5, 5.41) is 0. The van der Waals surface area contributed by atoms with Crippen molar-refractivity contribution in [2.24, 2.45) is 11.3 Å². The highest BCUT2D eigenvalue weighted by molar-refractivity contribution is 7.89. The van der Waals surface area contributed by atoms with Crippen molar-refractivity contribution in [2.75, 3.05) is 45.0 Å². The topological polar surface area (TPSA) is 78.0 Å². The molecule has 2 aliphatic rings. The fourth-order valence-electron chi connectivity index (χ4n) is 3.67. The van der Waals surface area contributed by atoms with Crippen LogP contribution in [0.25, 0.3) is 0 Å². The third-order valence-corrected chi connectivity index (χ3v) is 6.84. The van der Waals surface area contributed by atoms with Crippen LogP contribution in [0.3, 0.4) is 0 Å². The molecule has 2 aliphatic heterocycles. The lowest BCUT2D eigenvalue weighted by Gasteiger charge is -2.33. The van der Waals surface area contributed by atoms with Gasteiger partial charge in [-0.1, -0.05) is 13.8 Å². The van der Waals surface area contributed by atoms with Crippen LogP contribution in [0, 0.1) is 11.3 Å². The predicted molar refractivity (Wildman–Crippen MR) is 91.8 cm³/mol. The van der Waals surface area contributed by atoms with Gasteiger partial charge in [0.15, 0.2) is 0 Å². The minimum absolute atomic E-state index is 0.0209. The van der Waals surface area contributed by atoms with E-state index in [-0.39, 0.29) is 23.5 Å². The van der Waals surface area contributed by atoms with E-state index >= 15 is 0 Å². The Hall–Kier alpha value is -1.15. The molecule has 2 rings (SSSR count). The third kappa shape index (κ3) is 3.74. The highest BCUT2D eigenvalue weighted by Gasteiger charge is 2.48. The number of hydrogen-bond donors (Lipinski definition) is 0. The van der Waals surface area contributed by atoms with Crippen molar-refractivity contribution in [2.45, 2.75) is 34.1 Å². The van der Waals surface area contributed by atoms with Crippen LogP contribution in [0.1, 0.15) is 34.1 Å². The lowest BCUT2D eigenvalue weighted by Crippen LogP contribution is -2.46. The zero-order valence-electron chi connectivity index (χ0n) is 15.1. The maximum atomic E-state index is 12.5. The Kier molecular flexibility index (Phi) is 5.59. The lowest BCUT2D eigenvalue weighted by atomic mass is 9.86. The van der Waals surface area contributed by atoms with Gasteiger partial charge in [0.1, 0.15) is 0 Å². The molecule has 138 valence electrons. The van der Waals surface area contributed by atoms with E-state index in [0.717, 1.165) is 0 Å². The second-order valence-corrected chi connectivity index (χ2v) is 9.49. The van der Waals surface area contributed by atoms with Crippen LogP contribution in [0.4, 0.5) is 0 Å². The van der Waals surface area contributed by atoms with Gasteiger partial charge in [-0.25, -0.2) is 8.42 Å². The van der Waals surface area contributed by atoms with E-state index in [4.69, 9.17) is 0 Å². The number of carbonyl (C=O) groups excluding carboxylic acids is 2. The second kappa shape index (κ2) is 7.00. The van der Waals surface area contributed by atoms with Gasteiger partial charge >= 0.3 is 0 Å². The molecule has 0 bridgehead atoms. The molecule has 0 aromatic carbocycles. The van der Waals surface area contributed by atoms with E-state index in [2.05, 4.69) is 0 Å². The van der Waals surface area contributed by atoms with Crippen molar-refractivity contribution in [1.82, 2.24) is 14.1 Å². The fourth-order valence-corrected chi connectivity index (χ4v) is 4.87. The predicted octanol–water partition coefficient (Wildman–Crippen LogP) is 0.375. The molecular weight excluding hydrogens is 330 g/mol. The van der Waals surface area contributed by atoms with Crippen LogP contribution >= 0.6 is 0 Å². The maximum absolute atomic E-state index is 12.5. The molecule has 0 aromatic rings. The smallest absolute Gasteiger partial charge is 0.225 e. The number of nitrogens with zero attached hydrogens (tertiary/aromatic N) is 3. The van der Waals surface area contributed by atoms with Crippen LogP contribution < -0.4 is 0 Å². The Bertz CT molecular complexity index is 604. The van der Waals surface area contributed by atoms with Gasteiger partial charge in [0.05, 0.1) is 5.75 Å². The lowest BCUT2D eigenvalue weighted by molar-refractivity contribution is -0.135. The van der Waals surface area contributed by atoms with Gasteiger partial charge in [-0.3, -0.25) is 9.59 Å². The van der Waals surface area contributed by atoms with Gasteiger partial charge in [-0.2, -0.15) is 4.31 Å². The highest BCUT2D eigenvalue weighted by atomic mass is 32.2. The van der Waals surface area contributed by atoms with E-state index in [0.29, 0.717) is 45.7 Å². The van der Waals surface area contributed by atoms with Crippen LogP contribution in [0.2, 0.25) is 0 Å². The van der Waals surface area contributed by atoms with Crippen LogP contribution in [-0.4, -0.2) is 79.4 Å². The maximum Gasteiger partial charge on any atom is 0.225 e. The molecule has 0 N–H and O–H groups in total. The molecule has 7 nitrogen and oxygen atoms in total. The summed E-state index contributed by atoms with van der Waals surface area (Å²) in [6.07, 6.45) is 0.304. The molecule has 0 aromatic heterocycles. The average Bonchev–Trinajstić information content (AvgIpc) is 2.71. The second-order valence-electron chi connectivity index (χ2n) is 7.23. The normalized spacial score (nSPS) is 26.5. The largest absolute Gasteiger partial charge is 0.342 e. The van der Waals surface area contributed by atoms with Gasteiger partial charge in [-0.05, 0) is 13.8 Å². The minimum atomic E-state index is -3.35. The molecule has 2 amide bonds. The number of likely N-dealkylation sites (tertiary alicyclic amines) is 1. The monoisotopic (exact) mass is 359 g/mol. The molecule has 1 spiro atoms. The van der Waals surface area contributed by atoms with Gasteiger partial charge in [0.25, 0.3) is 0 Å². The molecule has 0 aliphatic carbocycles. The summed E-state index contributed by atoms with van der Waals surface area (Å²) in [4.78, 5) is 28.3. The fraction of sp³-hybridized carbons (Fsp3) is 0.875. The number of rotatable bonds is 4. The first-order chi connectivity index (χ1) is 11.1. The Morgan fingerprint density at radius 3 is 2.33 bits per heavy atom. The molecule has 0 unspecified atom stereocenters. The van der Waals surface area contributed by atoms with Crippen molar-refractivity contribution in [3.8, 4) is 0 Å². The number of sulfonamides is 1. The molecule has 0 saturated carbocycles. The van der Waals surface area contributed by atoms with E-state index in [1.54, 1.807) is 16.7 Å². The van der Waals surface area contributed by atoms with Crippen molar-refractivity contribution < 1.29 is 18.0 Å². The van der Waals surface area contributed by atoms with Crippen LogP contribution in [0.5, 0.6) is 0 Å². The Morgan fingerprint density at radius 2 is 1.83 bits per heavy atom. The highest BCUT2D eigenvalue weighted by Crippen LogP contribution is 2.36. The standard InChI is InChI=1S/C16H29N3O4S/c1-5-17-10-16(9-14(17)20)11-18(15(21)13(3)4)7-8-19(12-16)24(22,23)6-2/h13H,5-12H2,1-4H3/t16-/m0/s1. The summed E-state index contributed by atoms with van der Waals surface area (Å²) in [5.74, 6) is -0.0411. The molecule has 0 radical (unpaired) electrons. The van der Waals surface area contributed by atoms with E-state index in [1.807, 2.05) is 20.8 Å². The quantitative estimate of drug-likeness (QED) is 0.727. The number of carbonyl (C=O) groups is 2. The summed E-state index contributed by atoms with van der Waals surface area (Å²) in [6.45, 7) is 9.81. The van der Waals surface area contributed by atoms with Crippen LogP contribution in [-0.2, 0) is 19.6 Å².